The first-order valence-electron chi connectivity index (χ1n) is 10.4. The summed E-state index contributed by atoms with van der Waals surface area (Å²) in [7, 11) is 0. The lowest BCUT2D eigenvalue weighted by Crippen LogP contribution is -2.56. The van der Waals surface area contributed by atoms with E-state index in [9.17, 15) is 0 Å². The Morgan fingerprint density at radius 3 is 2.92 bits per heavy atom. The summed E-state index contributed by atoms with van der Waals surface area (Å²) in [5, 5.41) is 0. The van der Waals surface area contributed by atoms with Crippen molar-refractivity contribution in [2.75, 3.05) is 26.2 Å². The third-order valence-corrected chi connectivity index (χ3v) is 6.79. The van der Waals surface area contributed by atoms with E-state index in [2.05, 4.69) is 41.0 Å². The SMILES string of the molecule is CCCCCCN1CCCC2CN3CCc4ccccc4C3CC21. The second-order valence-corrected chi connectivity index (χ2v) is 8.26. The second kappa shape index (κ2) is 7.58. The Bertz CT molecular complexity index is 541. The van der Waals surface area contributed by atoms with Crippen molar-refractivity contribution in [1.29, 1.82) is 0 Å². The predicted octanol–water partition coefficient (Wildman–Crippen LogP) is 4.65. The molecule has 0 aromatic heterocycles. The summed E-state index contributed by atoms with van der Waals surface area (Å²) in [4.78, 5) is 5.68. The molecule has 0 radical (unpaired) electrons. The van der Waals surface area contributed by atoms with Crippen molar-refractivity contribution in [3.05, 3.63) is 35.4 Å². The van der Waals surface area contributed by atoms with Crippen molar-refractivity contribution in [2.45, 2.75) is 70.4 Å². The van der Waals surface area contributed by atoms with Gasteiger partial charge in [-0.05, 0) is 62.2 Å². The molecular formula is C22H34N2. The highest BCUT2D eigenvalue weighted by molar-refractivity contribution is 5.33. The topological polar surface area (TPSA) is 6.48 Å². The van der Waals surface area contributed by atoms with E-state index in [0.29, 0.717) is 6.04 Å². The first kappa shape index (κ1) is 16.6. The zero-order valence-electron chi connectivity index (χ0n) is 15.4. The summed E-state index contributed by atoms with van der Waals surface area (Å²) < 4.78 is 0. The highest BCUT2D eigenvalue weighted by Gasteiger charge is 2.42. The molecule has 0 saturated carbocycles. The quantitative estimate of drug-likeness (QED) is 0.727. The molecule has 0 N–H and O–H groups in total. The van der Waals surface area contributed by atoms with Crippen LogP contribution in [-0.4, -0.2) is 42.0 Å². The van der Waals surface area contributed by atoms with Crippen molar-refractivity contribution >= 4 is 0 Å². The van der Waals surface area contributed by atoms with Gasteiger partial charge >= 0.3 is 0 Å². The van der Waals surface area contributed by atoms with E-state index < -0.39 is 0 Å². The summed E-state index contributed by atoms with van der Waals surface area (Å²) in [6.45, 7) is 7.63. The predicted molar refractivity (Wildman–Crippen MR) is 101 cm³/mol. The van der Waals surface area contributed by atoms with Gasteiger partial charge in [0.25, 0.3) is 0 Å². The molecule has 0 amide bonds. The van der Waals surface area contributed by atoms with Gasteiger partial charge in [0.1, 0.15) is 0 Å². The maximum Gasteiger partial charge on any atom is 0.0366 e. The van der Waals surface area contributed by atoms with Crippen LogP contribution in [0.2, 0.25) is 0 Å². The molecule has 2 saturated heterocycles. The fourth-order valence-corrected chi connectivity index (χ4v) is 5.51. The van der Waals surface area contributed by atoms with Crippen LogP contribution < -0.4 is 0 Å². The molecule has 3 unspecified atom stereocenters. The molecule has 0 bridgehead atoms. The van der Waals surface area contributed by atoms with Crippen molar-refractivity contribution in [1.82, 2.24) is 9.80 Å². The standard InChI is InChI=1S/C22H34N2/c1-2-3-4-7-13-23-14-8-10-19-17-24-15-12-18-9-5-6-11-20(18)22(24)16-21(19)23/h5-6,9,11,19,21-22H,2-4,7-8,10,12-17H2,1H3. The number of benzene rings is 1. The summed E-state index contributed by atoms with van der Waals surface area (Å²) in [6, 6.07) is 10.8. The largest absolute Gasteiger partial charge is 0.300 e. The molecule has 0 aliphatic carbocycles. The number of piperidine rings is 2. The molecule has 1 aromatic carbocycles. The van der Waals surface area contributed by atoms with E-state index in [1.54, 1.807) is 11.1 Å². The smallest absolute Gasteiger partial charge is 0.0366 e. The van der Waals surface area contributed by atoms with E-state index >= 15 is 0 Å². The highest BCUT2D eigenvalue weighted by Crippen LogP contribution is 2.42. The Morgan fingerprint density at radius 1 is 1.08 bits per heavy atom. The summed E-state index contributed by atoms with van der Waals surface area (Å²) >= 11 is 0. The summed E-state index contributed by atoms with van der Waals surface area (Å²) in [5.74, 6) is 0.923. The van der Waals surface area contributed by atoms with E-state index in [0.717, 1.165) is 12.0 Å². The van der Waals surface area contributed by atoms with Crippen LogP contribution in [-0.2, 0) is 6.42 Å². The fraction of sp³-hybridized carbons (Fsp3) is 0.727. The number of fused-ring (bicyclic) bond motifs is 4. The van der Waals surface area contributed by atoms with Gasteiger partial charge in [0, 0.05) is 25.2 Å². The maximum atomic E-state index is 2.87. The minimum absolute atomic E-state index is 0.687. The van der Waals surface area contributed by atoms with Gasteiger partial charge in [-0.15, -0.1) is 0 Å². The number of likely N-dealkylation sites (tertiary alicyclic amines) is 1. The zero-order chi connectivity index (χ0) is 16.4. The lowest BCUT2D eigenvalue weighted by Gasteiger charge is -2.52. The molecule has 0 spiro atoms. The van der Waals surface area contributed by atoms with E-state index in [-0.39, 0.29) is 0 Å². The molecule has 3 atom stereocenters. The van der Waals surface area contributed by atoms with Gasteiger partial charge in [-0.25, -0.2) is 0 Å². The Labute approximate surface area is 148 Å². The monoisotopic (exact) mass is 326 g/mol. The molecule has 4 rings (SSSR count). The third-order valence-electron chi connectivity index (χ3n) is 6.79. The Hall–Kier alpha value is -0.860. The first-order valence-corrected chi connectivity index (χ1v) is 10.4. The van der Waals surface area contributed by atoms with Crippen LogP contribution in [0.4, 0.5) is 0 Å². The number of unbranched alkanes of at least 4 members (excludes halogenated alkanes) is 3. The molecule has 2 fully saturated rings. The minimum Gasteiger partial charge on any atom is -0.300 e. The van der Waals surface area contributed by atoms with Gasteiger partial charge in [-0.1, -0.05) is 50.5 Å². The van der Waals surface area contributed by atoms with Gasteiger partial charge in [0.05, 0.1) is 0 Å². The van der Waals surface area contributed by atoms with Gasteiger partial charge in [-0.2, -0.15) is 0 Å². The van der Waals surface area contributed by atoms with Gasteiger partial charge in [0.15, 0.2) is 0 Å². The van der Waals surface area contributed by atoms with Crippen LogP contribution in [0, 0.1) is 5.92 Å². The number of rotatable bonds is 5. The van der Waals surface area contributed by atoms with Gasteiger partial charge in [-0.3, -0.25) is 9.80 Å². The summed E-state index contributed by atoms with van der Waals surface area (Å²) in [6.07, 6.45) is 11.1. The Kier molecular flexibility index (Phi) is 5.24. The van der Waals surface area contributed by atoms with Crippen LogP contribution in [0.15, 0.2) is 24.3 Å². The van der Waals surface area contributed by atoms with Crippen molar-refractivity contribution in [3.63, 3.8) is 0 Å². The lowest BCUT2D eigenvalue weighted by atomic mass is 9.76. The molecule has 3 heterocycles. The van der Waals surface area contributed by atoms with Gasteiger partial charge < -0.3 is 0 Å². The van der Waals surface area contributed by atoms with Crippen LogP contribution in [0.25, 0.3) is 0 Å². The number of hydrogen-bond acceptors (Lipinski definition) is 2. The van der Waals surface area contributed by atoms with Crippen molar-refractivity contribution < 1.29 is 0 Å². The molecule has 3 aliphatic heterocycles. The molecular weight excluding hydrogens is 292 g/mol. The average Bonchev–Trinajstić information content (AvgIpc) is 2.64. The molecule has 132 valence electrons. The van der Waals surface area contributed by atoms with Crippen molar-refractivity contribution in [2.24, 2.45) is 5.92 Å². The van der Waals surface area contributed by atoms with Crippen LogP contribution >= 0.6 is 0 Å². The summed E-state index contributed by atoms with van der Waals surface area (Å²) in [5.41, 5.74) is 3.25. The molecule has 2 nitrogen and oxygen atoms in total. The maximum absolute atomic E-state index is 2.87. The minimum atomic E-state index is 0.687. The molecule has 24 heavy (non-hydrogen) atoms. The van der Waals surface area contributed by atoms with Gasteiger partial charge in [0.2, 0.25) is 0 Å². The molecule has 3 aliphatic rings. The fourth-order valence-electron chi connectivity index (χ4n) is 5.51. The van der Waals surface area contributed by atoms with E-state index in [1.165, 1.54) is 77.5 Å². The van der Waals surface area contributed by atoms with Crippen molar-refractivity contribution in [3.8, 4) is 0 Å². The van der Waals surface area contributed by atoms with Crippen LogP contribution in [0.1, 0.15) is 69.0 Å². The zero-order valence-corrected chi connectivity index (χ0v) is 15.4. The number of hydrogen-bond donors (Lipinski definition) is 0. The molecule has 2 heteroatoms. The second-order valence-electron chi connectivity index (χ2n) is 8.26. The molecule has 1 aromatic rings. The Balaban J connectivity index is 1.47. The van der Waals surface area contributed by atoms with E-state index in [1.807, 2.05) is 0 Å². The van der Waals surface area contributed by atoms with Crippen LogP contribution in [0.5, 0.6) is 0 Å². The average molecular weight is 327 g/mol. The highest BCUT2D eigenvalue weighted by atomic mass is 15.2. The normalized spacial score (nSPS) is 30.5. The van der Waals surface area contributed by atoms with E-state index in [4.69, 9.17) is 0 Å². The number of nitrogens with zero attached hydrogens (tertiary/aromatic N) is 2. The Morgan fingerprint density at radius 2 is 2.00 bits per heavy atom. The third kappa shape index (κ3) is 3.28. The first-order chi connectivity index (χ1) is 11.9. The van der Waals surface area contributed by atoms with Crippen LogP contribution in [0.3, 0.4) is 0 Å². The lowest BCUT2D eigenvalue weighted by molar-refractivity contribution is -0.0123.